The number of ether oxygens (including phenoxy) is 1. The zero-order valence-electron chi connectivity index (χ0n) is 24.8. The molecule has 0 aliphatic carbocycles. The molecule has 18 heteroatoms. The first kappa shape index (κ1) is 31.8. The number of hydrogen-bond donors (Lipinski definition) is 3. The Kier molecular flexibility index (Phi) is 8.29. The summed E-state index contributed by atoms with van der Waals surface area (Å²) in [6, 6.07) is 2.92. The highest BCUT2D eigenvalue weighted by molar-refractivity contribution is 5.99. The van der Waals surface area contributed by atoms with E-state index in [2.05, 4.69) is 31.0 Å². The molecule has 6 rings (SSSR count). The number of carbonyl (C=O) groups excluding carboxylic acids is 3. The maximum atomic E-state index is 13.8. The SMILES string of the molecule is CCc1c(C(=O)NCC(=O)N2CC3(CNC3)C2)ccc(Nc2nccn3c(-c4cn(CC(F)F)nc4C(F)(F)F)cnc23)c1OC=O. The van der Waals surface area contributed by atoms with Gasteiger partial charge in [0.05, 0.1) is 29.7 Å². The fourth-order valence-electron chi connectivity index (χ4n) is 5.86. The lowest BCUT2D eigenvalue weighted by Gasteiger charge is -2.56. The predicted molar refractivity (Wildman–Crippen MR) is 155 cm³/mol. The summed E-state index contributed by atoms with van der Waals surface area (Å²) in [5.41, 5.74) is -1.03. The van der Waals surface area contributed by atoms with Crippen LogP contribution < -0.4 is 20.7 Å². The Balaban J connectivity index is 1.26. The van der Waals surface area contributed by atoms with Crippen LogP contribution in [0.3, 0.4) is 0 Å². The fourth-order valence-corrected chi connectivity index (χ4v) is 5.86. The van der Waals surface area contributed by atoms with Crippen molar-refractivity contribution in [3.8, 4) is 17.0 Å². The molecule has 0 radical (unpaired) electrons. The fraction of sp³-hybridized carbons (Fsp3) is 0.379. The van der Waals surface area contributed by atoms with Crippen LogP contribution in [0.5, 0.6) is 5.75 Å². The lowest BCUT2D eigenvalue weighted by Crippen LogP contribution is -2.72. The van der Waals surface area contributed by atoms with Crippen LogP contribution in [-0.2, 0) is 28.7 Å². The van der Waals surface area contributed by atoms with Crippen LogP contribution in [0.2, 0.25) is 0 Å². The Hall–Kier alpha value is -5.13. The van der Waals surface area contributed by atoms with Gasteiger partial charge in [-0.05, 0) is 18.6 Å². The van der Waals surface area contributed by atoms with Gasteiger partial charge in [0, 0.05) is 61.3 Å². The molecule has 2 amide bonds. The highest BCUT2D eigenvalue weighted by Gasteiger charge is 2.49. The van der Waals surface area contributed by atoms with Crippen molar-refractivity contribution in [2.24, 2.45) is 5.41 Å². The minimum absolute atomic E-state index is 0.00754. The second-order valence-electron chi connectivity index (χ2n) is 11.3. The summed E-state index contributed by atoms with van der Waals surface area (Å²) in [6.07, 6.45) is -3.01. The molecular formula is C29H28F5N9O4. The Morgan fingerprint density at radius 2 is 1.96 bits per heavy atom. The van der Waals surface area contributed by atoms with E-state index in [0.717, 1.165) is 25.5 Å². The summed E-state index contributed by atoms with van der Waals surface area (Å²) in [7, 11) is 0. The molecule has 248 valence electrons. The van der Waals surface area contributed by atoms with Crippen molar-refractivity contribution in [2.45, 2.75) is 32.5 Å². The van der Waals surface area contributed by atoms with E-state index < -0.39 is 36.3 Å². The minimum Gasteiger partial charge on any atom is -0.426 e. The van der Waals surface area contributed by atoms with Crippen molar-refractivity contribution < 1.29 is 41.1 Å². The van der Waals surface area contributed by atoms with Crippen LogP contribution in [0.25, 0.3) is 16.9 Å². The zero-order valence-corrected chi connectivity index (χ0v) is 24.8. The second-order valence-corrected chi connectivity index (χ2v) is 11.3. The normalized spacial score (nSPS) is 15.4. The molecule has 3 N–H and O–H groups in total. The molecule has 2 fully saturated rings. The number of hydrogen-bond acceptors (Lipinski definition) is 9. The van der Waals surface area contributed by atoms with Gasteiger partial charge in [0.2, 0.25) is 5.91 Å². The average molecular weight is 662 g/mol. The van der Waals surface area contributed by atoms with Gasteiger partial charge in [0.15, 0.2) is 22.9 Å². The lowest BCUT2D eigenvalue weighted by atomic mass is 9.74. The number of nitrogens with one attached hydrogen (secondary N) is 3. The number of imidazole rings is 1. The highest BCUT2D eigenvalue weighted by atomic mass is 19.4. The van der Waals surface area contributed by atoms with Crippen molar-refractivity contribution in [2.75, 3.05) is 38.0 Å². The summed E-state index contributed by atoms with van der Waals surface area (Å²) in [6.45, 7) is 3.67. The van der Waals surface area contributed by atoms with Crippen LogP contribution in [0.15, 0.2) is 36.9 Å². The molecule has 0 saturated carbocycles. The van der Waals surface area contributed by atoms with Crippen molar-refractivity contribution in [3.05, 3.63) is 53.7 Å². The summed E-state index contributed by atoms with van der Waals surface area (Å²) >= 11 is 0. The van der Waals surface area contributed by atoms with Gasteiger partial charge in [-0.15, -0.1) is 0 Å². The van der Waals surface area contributed by atoms with Gasteiger partial charge in [0.25, 0.3) is 18.8 Å². The van der Waals surface area contributed by atoms with Crippen LogP contribution in [0.1, 0.15) is 28.5 Å². The van der Waals surface area contributed by atoms with Crippen LogP contribution in [0, 0.1) is 5.41 Å². The van der Waals surface area contributed by atoms with E-state index in [9.17, 15) is 36.3 Å². The van der Waals surface area contributed by atoms with E-state index in [-0.39, 0.29) is 64.9 Å². The minimum atomic E-state index is -4.94. The maximum Gasteiger partial charge on any atom is 0.435 e. The van der Waals surface area contributed by atoms with Gasteiger partial charge >= 0.3 is 6.18 Å². The molecule has 0 bridgehead atoms. The highest BCUT2D eigenvalue weighted by Crippen LogP contribution is 2.39. The van der Waals surface area contributed by atoms with Crippen molar-refractivity contribution in [1.29, 1.82) is 0 Å². The third-order valence-electron chi connectivity index (χ3n) is 8.14. The molecule has 1 spiro atoms. The number of anilines is 2. The summed E-state index contributed by atoms with van der Waals surface area (Å²) < 4.78 is 74.4. The summed E-state index contributed by atoms with van der Waals surface area (Å²) in [4.78, 5) is 47.4. The molecule has 2 aliphatic rings. The molecule has 0 atom stereocenters. The van der Waals surface area contributed by atoms with E-state index in [1.165, 1.54) is 28.9 Å². The number of alkyl halides is 5. The Morgan fingerprint density at radius 1 is 1.19 bits per heavy atom. The monoisotopic (exact) mass is 661 g/mol. The number of benzene rings is 1. The number of rotatable bonds is 11. The van der Waals surface area contributed by atoms with Gasteiger partial charge in [-0.2, -0.15) is 18.3 Å². The molecule has 47 heavy (non-hydrogen) atoms. The Bertz CT molecular complexity index is 1840. The largest absolute Gasteiger partial charge is 0.435 e. The van der Waals surface area contributed by atoms with Gasteiger partial charge in [0.1, 0.15) is 6.54 Å². The molecule has 1 aromatic carbocycles. The van der Waals surface area contributed by atoms with E-state index >= 15 is 0 Å². The zero-order chi connectivity index (χ0) is 33.5. The number of halogens is 5. The molecule has 5 heterocycles. The lowest BCUT2D eigenvalue weighted by molar-refractivity contribution is -0.145. The number of nitrogens with zero attached hydrogens (tertiary/aromatic N) is 6. The molecule has 2 saturated heterocycles. The first-order valence-electron chi connectivity index (χ1n) is 14.5. The molecule has 0 unspecified atom stereocenters. The van der Waals surface area contributed by atoms with E-state index in [0.29, 0.717) is 23.3 Å². The average Bonchev–Trinajstić information content (AvgIpc) is 3.59. The van der Waals surface area contributed by atoms with Crippen molar-refractivity contribution in [3.63, 3.8) is 0 Å². The van der Waals surface area contributed by atoms with Crippen molar-refractivity contribution in [1.82, 2.24) is 39.7 Å². The topological polar surface area (TPSA) is 148 Å². The number of likely N-dealkylation sites (tertiary alicyclic amines) is 1. The second kappa shape index (κ2) is 12.2. The molecule has 2 aliphatic heterocycles. The van der Waals surface area contributed by atoms with Crippen LogP contribution in [0.4, 0.5) is 33.5 Å². The quantitative estimate of drug-likeness (QED) is 0.163. The third-order valence-corrected chi connectivity index (χ3v) is 8.14. The Labute approximate surface area is 263 Å². The van der Waals surface area contributed by atoms with Crippen molar-refractivity contribution >= 4 is 35.4 Å². The van der Waals surface area contributed by atoms with Gasteiger partial charge in [-0.3, -0.25) is 23.5 Å². The number of amides is 2. The van der Waals surface area contributed by atoms with E-state index in [1.54, 1.807) is 11.8 Å². The first-order chi connectivity index (χ1) is 22.4. The predicted octanol–water partition coefficient (Wildman–Crippen LogP) is 2.88. The summed E-state index contributed by atoms with van der Waals surface area (Å²) in [5, 5.41) is 12.1. The van der Waals surface area contributed by atoms with Gasteiger partial charge in [-0.1, -0.05) is 6.92 Å². The standard InChI is InChI=1S/C29H28F5N9O4/c1-2-16-17(27(46)38-8-22(45)41-13-28(14-41)11-35-12-28)3-4-19(23(16)47-15-44)39-25-26-37-7-20(43(26)6-5-36-25)18-9-42(10-21(30)31)40-24(18)29(32,33)34/h3-7,9,15,21,35H,2,8,10-14H2,1H3,(H,36,39)(H,38,46). The third kappa shape index (κ3) is 6.07. The first-order valence-corrected chi connectivity index (χ1v) is 14.5. The number of fused-ring (bicyclic) bond motifs is 1. The maximum absolute atomic E-state index is 13.8. The molecule has 13 nitrogen and oxygen atoms in total. The van der Waals surface area contributed by atoms with E-state index in [4.69, 9.17) is 4.74 Å². The van der Waals surface area contributed by atoms with Gasteiger partial charge in [-0.25, -0.2) is 18.7 Å². The Morgan fingerprint density at radius 3 is 2.60 bits per heavy atom. The number of carbonyl (C=O) groups is 3. The smallest absolute Gasteiger partial charge is 0.426 e. The molecule has 4 aromatic rings. The van der Waals surface area contributed by atoms with Crippen LogP contribution >= 0.6 is 0 Å². The van der Waals surface area contributed by atoms with Crippen LogP contribution in [-0.4, -0.2) is 86.5 Å². The van der Waals surface area contributed by atoms with Gasteiger partial charge < -0.3 is 25.6 Å². The number of aromatic nitrogens is 5. The molecule has 3 aromatic heterocycles. The van der Waals surface area contributed by atoms with E-state index in [1.807, 2.05) is 0 Å². The molecular weight excluding hydrogens is 633 g/mol. The summed E-state index contributed by atoms with van der Waals surface area (Å²) in [5.74, 6) is -0.726.